The number of ether oxygens (including phenoxy) is 1. The van der Waals surface area contributed by atoms with Crippen LogP contribution in [-0.4, -0.2) is 23.9 Å². The Labute approximate surface area is 170 Å². The Morgan fingerprint density at radius 2 is 1.43 bits per heavy atom. The number of hydrogen-bond acceptors (Lipinski definition) is 3. The van der Waals surface area contributed by atoms with Crippen LogP contribution in [0, 0.1) is 6.92 Å². The standard InChI is InChI=1S/C24H24O3S/c1-18-8-10-20(11-9-18)24(28-17-16-23(25)26,19-6-4-3-5-7-19)21-12-14-22(27-2)15-13-21/h3-15H,16-17H2,1-2H3,(H,25,26). The zero-order valence-electron chi connectivity index (χ0n) is 16.1. The van der Waals surface area contributed by atoms with Crippen molar-refractivity contribution in [2.24, 2.45) is 0 Å². The second-order valence-corrected chi connectivity index (χ2v) is 7.94. The summed E-state index contributed by atoms with van der Waals surface area (Å²) < 4.78 is 4.83. The third-order valence-electron chi connectivity index (χ3n) is 4.77. The smallest absolute Gasteiger partial charge is 0.304 e. The number of benzene rings is 3. The number of aryl methyl sites for hydroxylation is 1. The van der Waals surface area contributed by atoms with Crippen molar-refractivity contribution >= 4 is 17.7 Å². The van der Waals surface area contributed by atoms with Gasteiger partial charge in [-0.25, -0.2) is 0 Å². The third-order valence-corrected chi connectivity index (χ3v) is 6.32. The summed E-state index contributed by atoms with van der Waals surface area (Å²) in [6.07, 6.45) is 0.112. The molecule has 3 rings (SSSR count). The summed E-state index contributed by atoms with van der Waals surface area (Å²) in [5, 5.41) is 9.20. The van der Waals surface area contributed by atoms with E-state index >= 15 is 0 Å². The van der Waals surface area contributed by atoms with Gasteiger partial charge in [0.05, 0.1) is 18.3 Å². The number of rotatable bonds is 8. The van der Waals surface area contributed by atoms with Crippen molar-refractivity contribution in [2.45, 2.75) is 18.1 Å². The largest absolute Gasteiger partial charge is 0.497 e. The third kappa shape index (κ3) is 4.23. The molecule has 4 heteroatoms. The Morgan fingerprint density at radius 3 is 1.96 bits per heavy atom. The van der Waals surface area contributed by atoms with Crippen molar-refractivity contribution in [1.82, 2.24) is 0 Å². The fourth-order valence-electron chi connectivity index (χ4n) is 3.33. The molecule has 0 aliphatic rings. The predicted molar refractivity (Wildman–Crippen MR) is 115 cm³/mol. The molecule has 0 fully saturated rings. The Bertz CT molecular complexity index is 905. The SMILES string of the molecule is COc1ccc(C(SCCC(=O)O)(c2ccccc2)c2ccc(C)cc2)cc1. The molecule has 0 amide bonds. The average molecular weight is 393 g/mol. The van der Waals surface area contributed by atoms with Gasteiger partial charge >= 0.3 is 5.97 Å². The van der Waals surface area contributed by atoms with Crippen molar-refractivity contribution < 1.29 is 14.6 Å². The normalized spacial score (nSPS) is 12.9. The van der Waals surface area contributed by atoms with Gasteiger partial charge in [-0.15, -0.1) is 11.8 Å². The molecule has 1 N–H and O–H groups in total. The zero-order chi connectivity index (χ0) is 20.0. The van der Waals surface area contributed by atoms with Crippen LogP contribution in [0.15, 0.2) is 78.9 Å². The van der Waals surface area contributed by atoms with E-state index in [1.165, 1.54) is 5.56 Å². The first-order valence-electron chi connectivity index (χ1n) is 9.19. The predicted octanol–water partition coefficient (Wildman–Crippen LogP) is 5.50. The van der Waals surface area contributed by atoms with Gasteiger partial charge in [0, 0.05) is 5.75 Å². The molecule has 3 aromatic rings. The summed E-state index contributed by atoms with van der Waals surface area (Å²) in [6.45, 7) is 2.07. The van der Waals surface area contributed by atoms with Gasteiger partial charge in [-0.2, -0.15) is 0 Å². The van der Waals surface area contributed by atoms with Crippen molar-refractivity contribution in [1.29, 1.82) is 0 Å². The molecule has 0 spiro atoms. The van der Waals surface area contributed by atoms with Crippen molar-refractivity contribution in [3.8, 4) is 5.75 Å². The first-order valence-corrected chi connectivity index (χ1v) is 10.2. The van der Waals surface area contributed by atoms with E-state index < -0.39 is 10.7 Å². The summed E-state index contributed by atoms with van der Waals surface area (Å²) in [5.74, 6) is 0.516. The fourth-order valence-corrected chi connectivity index (χ4v) is 4.82. The lowest BCUT2D eigenvalue weighted by Crippen LogP contribution is -2.26. The maximum Gasteiger partial charge on any atom is 0.304 e. The first kappa shape index (κ1) is 20.0. The van der Waals surface area contributed by atoms with E-state index in [1.807, 2.05) is 30.3 Å². The quantitative estimate of drug-likeness (QED) is 0.514. The van der Waals surface area contributed by atoms with Crippen LogP contribution >= 0.6 is 11.8 Å². The summed E-state index contributed by atoms with van der Waals surface area (Å²) in [4.78, 5) is 11.2. The van der Waals surface area contributed by atoms with Crippen LogP contribution in [0.25, 0.3) is 0 Å². The highest BCUT2D eigenvalue weighted by Crippen LogP contribution is 2.49. The number of carboxylic acids is 1. The highest BCUT2D eigenvalue weighted by molar-refractivity contribution is 8.00. The molecule has 144 valence electrons. The Balaban J connectivity index is 2.20. The highest BCUT2D eigenvalue weighted by atomic mass is 32.2. The molecule has 0 saturated heterocycles. The monoisotopic (exact) mass is 392 g/mol. The first-order chi connectivity index (χ1) is 13.6. The molecule has 28 heavy (non-hydrogen) atoms. The van der Waals surface area contributed by atoms with Crippen LogP contribution in [0.2, 0.25) is 0 Å². The lowest BCUT2D eigenvalue weighted by atomic mass is 9.83. The van der Waals surface area contributed by atoms with Crippen LogP contribution in [-0.2, 0) is 9.54 Å². The van der Waals surface area contributed by atoms with Crippen molar-refractivity contribution in [3.63, 3.8) is 0 Å². The lowest BCUT2D eigenvalue weighted by molar-refractivity contribution is -0.136. The van der Waals surface area contributed by atoms with Gasteiger partial charge in [-0.1, -0.05) is 72.3 Å². The number of carboxylic acid groups (broad SMARTS) is 1. The number of aliphatic carboxylic acids is 1. The minimum atomic E-state index is -0.784. The van der Waals surface area contributed by atoms with E-state index in [9.17, 15) is 9.90 Å². The molecule has 1 atom stereocenters. The number of methoxy groups -OCH3 is 1. The van der Waals surface area contributed by atoms with Crippen molar-refractivity contribution in [3.05, 3.63) is 101 Å². The number of carbonyl (C=O) groups is 1. The van der Waals surface area contributed by atoms with E-state index in [0.29, 0.717) is 5.75 Å². The summed E-state index contributed by atoms with van der Waals surface area (Å²) in [7, 11) is 1.65. The zero-order valence-corrected chi connectivity index (χ0v) is 16.9. The van der Waals surface area contributed by atoms with E-state index in [1.54, 1.807) is 18.9 Å². The maximum atomic E-state index is 11.2. The summed E-state index contributed by atoms with van der Waals surface area (Å²) in [6, 6.07) is 26.8. The molecule has 0 saturated carbocycles. The van der Waals surface area contributed by atoms with Gasteiger partial charge in [0.2, 0.25) is 0 Å². The van der Waals surface area contributed by atoms with Crippen LogP contribution in [0.1, 0.15) is 28.7 Å². The van der Waals surface area contributed by atoms with Crippen LogP contribution in [0.5, 0.6) is 5.75 Å². The van der Waals surface area contributed by atoms with E-state index in [4.69, 9.17) is 4.74 Å². The number of thioether (sulfide) groups is 1. The van der Waals surface area contributed by atoms with Gasteiger partial charge in [0.1, 0.15) is 5.75 Å². The van der Waals surface area contributed by atoms with Crippen LogP contribution < -0.4 is 4.74 Å². The second-order valence-electron chi connectivity index (χ2n) is 6.63. The molecule has 0 aliphatic carbocycles. The van der Waals surface area contributed by atoms with Gasteiger partial charge < -0.3 is 9.84 Å². The van der Waals surface area contributed by atoms with Crippen molar-refractivity contribution in [2.75, 3.05) is 12.9 Å². The van der Waals surface area contributed by atoms with Gasteiger partial charge in [-0.05, 0) is 35.7 Å². The van der Waals surface area contributed by atoms with Gasteiger partial charge in [0.25, 0.3) is 0 Å². The topological polar surface area (TPSA) is 46.5 Å². The Kier molecular flexibility index (Phi) is 6.42. The van der Waals surface area contributed by atoms with Gasteiger partial charge in [0.15, 0.2) is 0 Å². The molecule has 0 aromatic heterocycles. The Hall–Kier alpha value is -2.72. The minimum absolute atomic E-state index is 0.112. The number of hydrogen-bond donors (Lipinski definition) is 1. The van der Waals surface area contributed by atoms with E-state index in [-0.39, 0.29) is 6.42 Å². The average Bonchev–Trinajstić information content (AvgIpc) is 2.73. The molecule has 0 heterocycles. The molecular formula is C24H24O3S. The maximum absolute atomic E-state index is 11.2. The molecule has 1 unspecified atom stereocenters. The fraction of sp³-hybridized carbons (Fsp3) is 0.208. The molecule has 0 aliphatic heterocycles. The minimum Gasteiger partial charge on any atom is -0.497 e. The summed E-state index contributed by atoms with van der Waals surface area (Å²) in [5.41, 5.74) is 4.54. The molecule has 3 aromatic carbocycles. The highest BCUT2D eigenvalue weighted by Gasteiger charge is 2.37. The van der Waals surface area contributed by atoms with E-state index in [0.717, 1.165) is 22.4 Å². The summed E-state index contributed by atoms with van der Waals surface area (Å²) >= 11 is 1.65. The molecule has 3 nitrogen and oxygen atoms in total. The Morgan fingerprint density at radius 1 is 0.893 bits per heavy atom. The second kappa shape index (κ2) is 8.98. The van der Waals surface area contributed by atoms with E-state index in [2.05, 4.69) is 55.5 Å². The van der Waals surface area contributed by atoms with Crippen LogP contribution in [0.3, 0.4) is 0 Å². The molecular weight excluding hydrogens is 368 g/mol. The lowest BCUT2D eigenvalue weighted by Gasteiger charge is -2.35. The molecule has 0 radical (unpaired) electrons. The van der Waals surface area contributed by atoms with Gasteiger partial charge in [-0.3, -0.25) is 4.79 Å². The molecule has 0 bridgehead atoms. The van der Waals surface area contributed by atoms with Crippen LogP contribution in [0.4, 0.5) is 0 Å².